The van der Waals surface area contributed by atoms with Gasteiger partial charge in [0.15, 0.2) is 0 Å². The van der Waals surface area contributed by atoms with Gasteiger partial charge in [-0.3, -0.25) is 0 Å². The van der Waals surface area contributed by atoms with Crippen molar-refractivity contribution < 1.29 is 8.78 Å². The summed E-state index contributed by atoms with van der Waals surface area (Å²) in [5.74, 6) is -1.49. The van der Waals surface area contributed by atoms with Crippen molar-refractivity contribution >= 4 is 33.4 Å². The van der Waals surface area contributed by atoms with E-state index in [1.807, 2.05) is 6.07 Å². The Balaban J connectivity index is 2.48. The van der Waals surface area contributed by atoms with Crippen LogP contribution in [0, 0.1) is 23.0 Å². The largest absolute Gasteiger partial charge is 0.399 e. The Kier molecular flexibility index (Phi) is 4.08. The molecule has 0 saturated heterocycles. The number of nitrogens with two attached hydrogens (primary N) is 1. The number of halogens is 3. The lowest BCUT2D eigenvalue weighted by Crippen LogP contribution is -1.93. The summed E-state index contributed by atoms with van der Waals surface area (Å²) in [6.07, 6.45) is 0. The zero-order chi connectivity index (χ0) is 14.0. The van der Waals surface area contributed by atoms with Gasteiger partial charge in [-0.1, -0.05) is 27.7 Å². The first kappa shape index (κ1) is 13.8. The number of benzene rings is 2. The van der Waals surface area contributed by atoms with Crippen LogP contribution < -0.4 is 5.73 Å². The number of hydrogen-bond acceptors (Lipinski definition) is 3. The molecule has 0 bridgehead atoms. The average Bonchev–Trinajstić information content (AvgIpc) is 2.34. The number of nitriles is 1. The van der Waals surface area contributed by atoms with Crippen molar-refractivity contribution in [2.45, 2.75) is 9.79 Å². The predicted octanol–water partition coefficient (Wildman–Crippen LogP) is 4.33. The quantitative estimate of drug-likeness (QED) is 0.827. The highest BCUT2D eigenvalue weighted by molar-refractivity contribution is 9.10. The number of anilines is 1. The fourth-order valence-electron chi connectivity index (χ4n) is 1.46. The van der Waals surface area contributed by atoms with E-state index in [2.05, 4.69) is 15.9 Å². The molecule has 0 amide bonds. The molecule has 0 saturated carbocycles. The molecule has 2 aromatic rings. The molecule has 0 aliphatic carbocycles. The van der Waals surface area contributed by atoms with Crippen LogP contribution in [0.25, 0.3) is 0 Å². The van der Waals surface area contributed by atoms with Crippen molar-refractivity contribution in [3.63, 3.8) is 0 Å². The van der Waals surface area contributed by atoms with Gasteiger partial charge in [0, 0.05) is 15.1 Å². The lowest BCUT2D eigenvalue weighted by atomic mass is 10.2. The Hall–Kier alpha value is -1.58. The third-order valence-electron chi connectivity index (χ3n) is 2.30. The molecule has 2 aromatic carbocycles. The Bertz CT molecular complexity index is 660. The van der Waals surface area contributed by atoms with Gasteiger partial charge in [-0.2, -0.15) is 5.26 Å². The average molecular weight is 341 g/mol. The highest BCUT2D eigenvalue weighted by atomic mass is 79.9. The maximum absolute atomic E-state index is 13.7. The molecule has 0 aromatic heterocycles. The number of rotatable bonds is 2. The van der Waals surface area contributed by atoms with E-state index in [0.29, 0.717) is 10.5 Å². The van der Waals surface area contributed by atoms with Crippen LogP contribution >= 0.6 is 27.7 Å². The molecule has 0 atom stereocenters. The first-order valence-corrected chi connectivity index (χ1v) is 6.74. The topological polar surface area (TPSA) is 49.8 Å². The van der Waals surface area contributed by atoms with Crippen LogP contribution in [0.5, 0.6) is 0 Å². The second-order valence-corrected chi connectivity index (χ2v) is 5.64. The summed E-state index contributed by atoms with van der Waals surface area (Å²) < 4.78 is 28.1. The third-order valence-corrected chi connectivity index (χ3v) is 3.94. The summed E-state index contributed by atoms with van der Waals surface area (Å²) in [4.78, 5) is 0.295. The standard InChI is InChI=1S/C13H7BrF2N2S/c14-8-2-1-7(6-17)12(3-8)19-13-10(15)4-9(18)5-11(13)16/h1-5H,18H2. The fourth-order valence-corrected chi connectivity index (χ4v) is 2.91. The van der Waals surface area contributed by atoms with Gasteiger partial charge in [-0.25, -0.2) is 8.78 Å². The fraction of sp³-hybridized carbons (Fsp3) is 0. The van der Waals surface area contributed by atoms with Gasteiger partial charge < -0.3 is 5.73 Å². The van der Waals surface area contributed by atoms with Crippen molar-refractivity contribution in [1.29, 1.82) is 5.26 Å². The molecule has 96 valence electrons. The monoisotopic (exact) mass is 340 g/mol. The molecule has 0 heterocycles. The minimum absolute atomic E-state index is 0.0223. The first-order chi connectivity index (χ1) is 9.01. The molecule has 0 aliphatic heterocycles. The molecular formula is C13H7BrF2N2S. The van der Waals surface area contributed by atoms with E-state index in [9.17, 15) is 8.78 Å². The maximum atomic E-state index is 13.7. The van der Waals surface area contributed by atoms with Crippen LogP contribution in [-0.4, -0.2) is 0 Å². The molecule has 2 rings (SSSR count). The van der Waals surface area contributed by atoms with Gasteiger partial charge in [0.05, 0.1) is 10.5 Å². The normalized spacial score (nSPS) is 10.2. The van der Waals surface area contributed by atoms with Crippen LogP contribution in [0.1, 0.15) is 5.56 Å². The maximum Gasteiger partial charge on any atom is 0.142 e. The second-order valence-electron chi connectivity index (χ2n) is 3.67. The van der Waals surface area contributed by atoms with E-state index in [1.165, 1.54) is 0 Å². The van der Waals surface area contributed by atoms with Gasteiger partial charge in [-0.15, -0.1) is 0 Å². The van der Waals surface area contributed by atoms with Gasteiger partial charge in [-0.05, 0) is 30.3 Å². The van der Waals surface area contributed by atoms with E-state index in [1.54, 1.807) is 18.2 Å². The second kappa shape index (κ2) is 5.59. The lowest BCUT2D eigenvalue weighted by molar-refractivity contribution is 0.542. The van der Waals surface area contributed by atoms with Crippen LogP contribution in [-0.2, 0) is 0 Å². The molecule has 0 fully saturated rings. The molecule has 0 unspecified atom stereocenters. The van der Waals surface area contributed by atoms with Gasteiger partial charge >= 0.3 is 0 Å². The van der Waals surface area contributed by atoms with Crippen LogP contribution in [0.3, 0.4) is 0 Å². The van der Waals surface area contributed by atoms with Crippen molar-refractivity contribution in [2.24, 2.45) is 0 Å². The van der Waals surface area contributed by atoms with Crippen molar-refractivity contribution in [1.82, 2.24) is 0 Å². The van der Waals surface area contributed by atoms with Crippen molar-refractivity contribution in [2.75, 3.05) is 5.73 Å². The van der Waals surface area contributed by atoms with Crippen molar-refractivity contribution in [3.05, 3.63) is 52.0 Å². The first-order valence-electron chi connectivity index (χ1n) is 5.13. The lowest BCUT2D eigenvalue weighted by Gasteiger charge is -2.07. The summed E-state index contributed by atoms with van der Waals surface area (Å²) in [5.41, 5.74) is 5.73. The van der Waals surface area contributed by atoms with E-state index in [-0.39, 0.29) is 10.6 Å². The van der Waals surface area contributed by atoms with E-state index >= 15 is 0 Å². The van der Waals surface area contributed by atoms with E-state index in [4.69, 9.17) is 11.0 Å². The van der Waals surface area contributed by atoms with E-state index in [0.717, 1.165) is 28.4 Å². The van der Waals surface area contributed by atoms with Gasteiger partial charge in [0.25, 0.3) is 0 Å². The molecular weight excluding hydrogens is 334 g/mol. The smallest absolute Gasteiger partial charge is 0.142 e. The third kappa shape index (κ3) is 3.06. The Labute approximate surface area is 121 Å². The van der Waals surface area contributed by atoms with Crippen LogP contribution in [0.2, 0.25) is 0 Å². The molecule has 0 spiro atoms. The minimum Gasteiger partial charge on any atom is -0.399 e. The Morgan fingerprint density at radius 3 is 2.37 bits per heavy atom. The summed E-state index contributed by atoms with van der Waals surface area (Å²) >= 11 is 4.11. The Morgan fingerprint density at radius 1 is 1.16 bits per heavy atom. The summed E-state index contributed by atoms with van der Waals surface area (Å²) in [7, 11) is 0. The molecule has 2 nitrogen and oxygen atoms in total. The van der Waals surface area contributed by atoms with Gasteiger partial charge in [0.2, 0.25) is 0 Å². The summed E-state index contributed by atoms with van der Waals surface area (Å²) in [6.45, 7) is 0. The molecule has 19 heavy (non-hydrogen) atoms. The van der Waals surface area contributed by atoms with Crippen molar-refractivity contribution in [3.8, 4) is 6.07 Å². The number of hydrogen-bond donors (Lipinski definition) is 1. The molecule has 6 heteroatoms. The zero-order valence-corrected chi connectivity index (χ0v) is 11.9. The minimum atomic E-state index is -0.744. The Morgan fingerprint density at radius 2 is 1.79 bits per heavy atom. The molecule has 2 N–H and O–H groups in total. The highest BCUT2D eigenvalue weighted by Crippen LogP contribution is 2.36. The molecule has 0 radical (unpaired) electrons. The van der Waals surface area contributed by atoms with Gasteiger partial charge in [0.1, 0.15) is 17.7 Å². The SMILES string of the molecule is N#Cc1ccc(Br)cc1Sc1c(F)cc(N)cc1F. The van der Waals surface area contributed by atoms with E-state index < -0.39 is 11.6 Å². The highest BCUT2D eigenvalue weighted by Gasteiger charge is 2.14. The summed E-state index contributed by atoms with van der Waals surface area (Å²) in [5, 5.41) is 8.98. The number of nitrogens with zero attached hydrogens (tertiary/aromatic N) is 1. The zero-order valence-electron chi connectivity index (χ0n) is 9.45. The predicted molar refractivity (Wildman–Crippen MR) is 73.8 cm³/mol. The molecule has 0 aliphatic rings. The number of nitrogen functional groups attached to an aromatic ring is 1. The van der Waals surface area contributed by atoms with Crippen LogP contribution in [0.15, 0.2) is 44.6 Å². The van der Waals surface area contributed by atoms with Crippen LogP contribution in [0.4, 0.5) is 14.5 Å². The summed E-state index contributed by atoms with van der Waals surface area (Å²) in [6, 6.07) is 9.00.